The number of benzene rings is 8. The van der Waals surface area contributed by atoms with Gasteiger partial charge in [-0.2, -0.15) is 0 Å². The van der Waals surface area contributed by atoms with Crippen LogP contribution in [-0.4, -0.2) is 0 Å². The Hall–Kier alpha value is -6.64. The van der Waals surface area contributed by atoms with Crippen molar-refractivity contribution in [2.45, 2.75) is 24.7 Å². The van der Waals surface area contributed by atoms with Crippen LogP contribution < -0.4 is 10.2 Å². The van der Waals surface area contributed by atoms with E-state index in [0.29, 0.717) is 0 Å². The van der Waals surface area contributed by atoms with Crippen molar-refractivity contribution in [1.82, 2.24) is 0 Å². The molecule has 0 radical (unpaired) electrons. The summed E-state index contributed by atoms with van der Waals surface area (Å²) >= 11 is 0. The number of hydrogen-bond donors (Lipinski definition) is 1. The molecule has 8 aromatic carbocycles. The van der Waals surface area contributed by atoms with Crippen molar-refractivity contribution in [2.75, 3.05) is 10.2 Å². The predicted molar refractivity (Wildman–Crippen MR) is 225 cm³/mol. The van der Waals surface area contributed by atoms with Gasteiger partial charge in [0, 0.05) is 22.5 Å². The van der Waals surface area contributed by atoms with Crippen molar-refractivity contribution in [3.05, 3.63) is 221 Å². The van der Waals surface area contributed by atoms with Gasteiger partial charge >= 0.3 is 0 Å². The van der Waals surface area contributed by atoms with Gasteiger partial charge in [0.2, 0.25) is 0 Å². The third-order valence-corrected chi connectivity index (χ3v) is 12.2. The Morgan fingerprint density at radius 2 is 0.889 bits per heavy atom. The molecule has 3 aliphatic rings. The van der Waals surface area contributed by atoms with E-state index in [0.717, 1.165) is 17.1 Å². The third kappa shape index (κ3) is 4.22. The Kier molecular flexibility index (Phi) is 6.55. The lowest BCUT2D eigenvalue weighted by molar-refractivity contribution is 0.661. The smallest absolute Gasteiger partial charge is 0.0754 e. The number of hydrogen-bond acceptors (Lipinski definition) is 2. The van der Waals surface area contributed by atoms with Crippen molar-refractivity contribution < 1.29 is 0 Å². The molecular formula is C52H38N2. The largest absolute Gasteiger partial charge is 0.355 e. The van der Waals surface area contributed by atoms with Gasteiger partial charge in [0.05, 0.1) is 16.8 Å². The van der Waals surface area contributed by atoms with Gasteiger partial charge in [-0.05, 0) is 121 Å². The lowest BCUT2D eigenvalue weighted by Crippen LogP contribution is -2.36. The first-order valence-electron chi connectivity index (χ1n) is 18.9. The van der Waals surface area contributed by atoms with E-state index in [-0.39, 0.29) is 5.41 Å². The van der Waals surface area contributed by atoms with Gasteiger partial charge in [0.1, 0.15) is 0 Å². The maximum atomic E-state index is 3.85. The Morgan fingerprint density at radius 1 is 0.370 bits per heavy atom. The van der Waals surface area contributed by atoms with E-state index in [1.54, 1.807) is 0 Å². The van der Waals surface area contributed by atoms with Crippen LogP contribution in [0.15, 0.2) is 188 Å². The zero-order chi connectivity index (χ0) is 36.0. The van der Waals surface area contributed by atoms with Crippen LogP contribution in [0.25, 0.3) is 33.4 Å². The third-order valence-electron chi connectivity index (χ3n) is 12.2. The minimum atomic E-state index is -0.453. The highest BCUT2D eigenvalue weighted by atomic mass is 15.2. The highest BCUT2D eigenvalue weighted by molar-refractivity contribution is 5.96. The quantitative estimate of drug-likeness (QED) is 0.198. The summed E-state index contributed by atoms with van der Waals surface area (Å²) in [6.07, 6.45) is 0. The monoisotopic (exact) mass is 690 g/mol. The second-order valence-electron chi connectivity index (χ2n) is 15.4. The molecule has 0 saturated heterocycles. The average Bonchev–Trinajstić information content (AvgIpc) is 3.63. The molecule has 54 heavy (non-hydrogen) atoms. The van der Waals surface area contributed by atoms with E-state index in [1.165, 1.54) is 78.1 Å². The number of para-hydroxylation sites is 3. The van der Waals surface area contributed by atoms with E-state index in [9.17, 15) is 0 Å². The van der Waals surface area contributed by atoms with Crippen LogP contribution in [0.1, 0.15) is 47.2 Å². The van der Waals surface area contributed by atoms with Crippen LogP contribution >= 0.6 is 0 Å². The summed E-state index contributed by atoms with van der Waals surface area (Å²) in [6.45, 7) is 4.72. The van der Waals surface area contributed by atoms with Gasteiger partial charge in [-0.3, -0.25) is 0 Å². The first kappa shape index (κ1) is 30.9. The Bertz CT molecular complexity index is 2730. The average molecular weight is 691 g/mol. The van der Waals surface area contributed by atoms with Crippen LogP contribution in [0.2, 0.25) is 0 Å². The van der Waals surface area contributed by atoms with Crippen molar-refractivity contribution in [2.24, 2.45) is 0 Å². The molecule has 1 aliphatic heterocycles. The van der Waals surface area contributed by atoms with Crippen molar-refractivity contribution in [1.29, 1.82) is 0 Å². The summed E-state index contributed by atoms with van der Waals surface area (Å²) < 4.78 is 0. The second-order valence-corrected chi connectivity index (χ2v) is 15.4. The van der Waals surface area contributed by atoms with Crippen molar-refractivity contribution >= 4 is 28.4 Å². The van der Waals surface area contributed by atoms with Gasteiger partial charge in [0.15, 0.2) is 0 Å². The molecule has 0 amide bonds. The number of anilines is 5. The van der Waals surface area contributed by atoms with Crippen LogP contribution in [-0.2, 0) is 10.8 Å². The minimum Gasteiger partial charge on any atom is -0.355 e. The molecule has 2 aliphatic carbocycles. The second kappa shape index (κ2) is 11.4. The number of nitrogens with zero attached hydrogens (tertiary/aromatic N) is 1. The van der Waals surface area contributed by atoms with E-state index in [2.05, 4.69) is 212 Å². The van der Waals surface area contributed by atoms with Crippen LogP contribution in [0.4, 0.5) is 28.4 Å². The molecule has 2 nitrogen and oxygen atoms in total. The summed E-state index contributed by atoms with van der Waals surface area (Å²) in [6, 6.07) is 69.4. The molecule has 0 unspecified atom stereocenters. The lowest BCUT2D eigenvalue weighted by atomic mass is 9.64. The van der Waals surface area contributed by atoms with Gasteiger partial charge in [-0.1, -0.05) is 147 Å². The van der Waals surface area contributed by atoms with E-state index < -0.39 is 5.41 Å². The fourth-order valence-corrected chi connectivity index (χ4v) is 9.84. The summed E-state index contributed by atoms with van der Waals surface area (Å²) in [5.74, 6) is 0. The van der Waals surface area contributed by atoms with Crippen molar-refractivity contribution in [3.63, 3.8) is 0 Å². The Morgan fingerprint density at radius 3 is 1.61 bits per heavy atom. The normalized spacial score (nSPS) is 14.7. The fraction of sp³-hybridized carbons (Fsp3) is 0.0769. The molecule has 1 heterocycles. The number of fused-ring (bicyclic) bond motifs is 12. The molecule has 0 bridgehead atoms. The summed E-state index contributed by atoms with van der Waals surface area (Å²) in [4.78, 5) is 2.43. The number of nitrogens with one attached hydrogen (secondary N) is 1. The predicted octanol–water partition coefficient (Wildman–Crippen LogP) is 13.5. The van der Waals surface area contributed by atoms with Gasteiger partial charge in [0.25, 0.3) is 0 Å². The summed E-state index contributed by atoms with van der Waals surface area (Å²) in [7, 11) is 0. The first-order chi connectivity index (χ1) is 26.5. The minimum absolute atomic E-state index is 0.119. The van der Waals surface area contributed by atoms with Gasteiger partial charge in [-0.25, -0.2) is 0 Å². The topological polar surface area (TPSA) is 15.3 Å². The molecule has 0 atom stereocenters. The van der Waals surface area contributed by atoms with Crippen LogP contribution in [0.3, 0.4) is 0 Å². The zero-order valence-corrected chi connectivity index (χ0v) is 30.3. The molecule has 256 valence electrons. The van der Waals surface area contributed by atoms with E-state index in [1.807, 2.05) is 0 Å². The maximum absolute atomic E-state index is 3.85. The highest BCUT2D eigenvalue weighted by Gasteiger charge is 2.51. The van der Waals surface area contributed by atoms with Crippen molar-refractivity contribution in [3.8, 4) is 33.4 Å². The Balaban J connectivity index is 1.02. The highest BCUT2D eigenvalue weighted by Crippen LogP contribution is 2.63. The summed E-state index contributed by atoms with van der Waals surface area (Å²) in [5.41, 5.74) is 20.9. The van der Waals surface area contributed by atoms with Crippen LogP contribution in [0.5, 0.6) is 0 Å². The molecule has 0 fully saturated rings. The Labute approximate surface area is 317 Å². The molecule has 0 aromatic heterocycles. The molecular weight excluding hydrogens is 653 g/mol. The molecule has 11 rings (SSSR count). The first-order valence-corrected chi connectivity index (χ1v) is 18.9. The lowest BCUT2D eigenvalue weighted by Gasteiger charge is -2.45. The maximum Gasteiger partial charge on any atom is 0.0754 e. The molecule has 0 saturated carbocycles. The van der Waals surface area contributed by atoms with Gasteiger partial charge < -0.3 is 10.2 Å². The summed E-state index contributed by atoms with van der Waals surface area (Å²) in [5, 5.41) is 3.85. The molecule has 1 N–H and O–H groups in total. The zero-order valence-electron chi connectivity index (χ0n) is 30.3. The van der Waals surface area contributed by atoms with Crippen LogP contribution in [0, 0.1) is 0 Å². The van der Waals surface area contributed by atoms with Gasteiger partial charge in [-0.15, -0.1) is 0 Å². The standard InChI is InChI=1S/C52H38N2/c1-51(2)47-31-35(34-15-5-3-6-16-34)25-28-40(47)41-29-26-37(33-48(41)51)53-36-27-30-44-42(32-36)39-19-9-10-20-43(39)52(44)45-21-11-13-23-49(45)54(38-17-7-4-8-18-38)50-24-14-12-22-46(50)52/h3-33,53H,1-2H3. The van der Waals surface area contributed by atoms with E-state index >= 15 is 0 Å². The fourth-order valence-electron chi connectivity index (χ4n) is 9.84. The molecule has 2 heteroatoms. The number of rotatable bonds is 4. The molecule has 8 aromatic rings. The SMILES string of the molecule is CC1(C)c2cc(Nc3ccc4c(c3)-c3ccccc3C43c4ccccc4N(c4ccccc4)c4ccccc43)ccc2-c2ccc(-c3ccccc3)cc21. The van der Waals surface area contributed by atoms with E-state index in [4.69, 9.17) is 0 Å². The molecule has 1 spiro atoms.